The van der Waals surface area contributed by atoms with Crippen LogP contribution < -0.4 is 0 Å². The van der Waals surface area contributed by atoms with Crippen LogP contribution in [-0.4, -0.2) is 23.3 Å². The second-order valence-corrected chi connectivity index (χ2v) is 5.23. The highest BCUT2D eigenvalue weighted by Gasteiger charge is 2.12. The van der Waals surface area contributed by atoms with Gasteiger partial charge in [-0.05, 0) is 29.7 Å². The van der Waals surface area contributed by atoms with Crippen molar-refractivity contribution in [1.29, 1.82) is 0 Å². The van der Waals surface area contributed by atoms with Crippen molar-refractivity contribution in [3.8, 4) is 0 Å². The lowest BCUT2D eigenvalue weighted by atomic mass is 10.00. The molecular formula is C18H20O3. The molecule has 1 N–H and O–H groups in total. The third kappa shape index (κ3) is 4.50. The lowest BCUT2D eigenvalue weighted by molar-refractivity contribution is -0.118. The molecule has 0 saturated carbocycles. The molecule has 2 aromatic rings. The zero-order valence-electron chi connectivity index (χ0n) is 12.0. The summed E-state index contributed by atoms with van der Waals surface area (Å²) in [6.07, 6.45) is 2.67. The first-order valence-corrected chi connectivity index (χ1v) is 7.35. The van der Waals surface area contributed by atoms with Gasteiger partial charge in [0, 0.05) is 18.6 Å². The van der Waals surface area contributed by atoms with Gasteiger partial charge in [-0.1, -0.05) is 42.8 Å². The average molecular weight is 284 g/mol. The van der Waals surface area contributed by atoms with Gasteiger partial charge in [0.25, 0.3) is 0 Å². The maximum atomic E-state index is 12.1. The Labute approximate surface area is 124 Å². The minimum absolute atomic E-state index is 0.0221. The van der Waals surface area contributed by atoms with Crippen molar-refractivity contribution in [2.24, 2.45) is 0 Å². The molecule has 3 heteroatoms. The molecule has 0 aliphatic heterocycles. The Kier molecular flexibility index (Phi) is 5.64. The first-order chi connectivity index (χ1) is 10.2. The molecule has 0 radical (unpaired) electrons. The summed E-state index contributed by atoms with van der Waals surface area (Å²) < 4.78 is 0. The molecule has 110 valence electrons. The standard InChI is InChI=1S/C18H20O3/c19-11-5-1-2-8-17(20)13-18(21)16-10-9-14-6-3-4-7-15(14)12-16/h3-4,6-7,9-10,12,19H,1-2,5,8,11,13H2. The van der Waals surface area contributed by atoms with E-state index in [1.165, 1.54) is 0 Å². The fraction of sp³-hybridized carbons (Fsp3) is 0.333. The van der Waals surface area contributed by atoms with E-state index in [9.17, 15) is 9.59 Å². The summed E-state index contributed by atoms with van der Waals surface area (Å²) in [6, 6.07) is 13.4. The Morgan fingerprint density at radius 3 is 2.43 bits per heavy atom. The number of carbonyl (C=O) groups excluding carboxylic acids is 2. The summed E-state index contributed by atoms with van der Waals surface area (Å²) in [4.78, 5) is 23.9. The SMILES string of the molecule is O=C(CCCCCO)CC(=O)c1ccc2ccccc2c1. The number of aliphatic hydroxyl groups is 1. The number of benzene rings is 2. The van der Waals surface area contributed by atoms with Crippen LogP contribution in [0, 0.1) is 0 Å². The lowest BCUT2D eigenvalue weighted by Crippen LogP contribution is -2.08. The minimum Gasteiger partial charge on any atom is -0.396 e. The molecule has 0 fully saturated rings. The number of Topliss-reactive ketones (excluding diaryl/α,β-unsaturated/α-hetero) is 2. The summed E-state index contributed by atoms with van der Waals surface area (Å²) in [7, 11) is 0. The fourth-order valence-corrected chi connectivity index (χ4v) is 2.34. The molecule has 2 rings (SSSR count). The van der Waals surface area contributed by atoms with E-state index in [0.29, 0.717) is 18.4 Å². The van der Waals surface area contributed by atoms with Crippen molar-refractivity contribution >= 4 is 22.3 Å². The Hall–Kier alpha value is -2.00. The normalized spacial score (nSPS) is 10.7. The number of fused-ring (bicyclic) bond motifs is 1. The van der Waals surface area contributed by atoms with Gasteiger partial charge < -0.3 is 5.11 Å². The van der Waals surface area contributed by atoms with E-state index < -0.39 is 0 Å². The molecule has 0 heterocycles. The van der Waals surface area contributed by atoms with Crippen molar-refractivity contribution in [3.05, 3.63) is 48.0 Å². The van der Waals surface area contributed by atoms with Crippen LogP contribution in [0.2, 0.25) is 0 Å². The molecule has 0 spiro atoms. The topological polar surface area (TPSA) is 54.4 Å². The molecule has 0 aromatic heterocycles. The van der Waals surface area contributed by atoms with Gasteiger partial charge in [0.1, 0.15) is 5.78 Å². The Morgan fingerprint density at radius 1 is 0.905 bits per heavy atom. The van der Waals surface area contributed by atoms with Crippen LogP contribution in [-0.2, 0) is 4.79 Å². The highest BCUT2D eigenvalue weighted by atomic mass is 16.2. The van der Waals surface area contributed by atoms with Crippen LogP contribution in [0.25, 0.3) is 10.8 Å². The fourth-order valence-electron chi connectivity index (χ4n) is 2.34. The highest BCUT2D eigenvalue weighted by molar-refractivity contribution is 6.09. The largest absolute Gasteiger partial charge is 0.396 e. The van der Waals surface area contributed by atoms with Gasteiger partial charge in [-0.25, -0.2) is 0 Å². The molecule has 0 aliphatic rings. The molecule has 3 nitrogen and oxygen atoms in total. The van der Waals surface area contributed by atoms with E-state index in [4.69, 9.17) is 5.11 Å². The predicted octanol–water partition coefficient (Wildman–Crippen LogP) is 3.53. The van der Waals surface area contributed by atoms with Gasteiger partial charge in [0.05, 0.1) is 6.42 Å². The molecule has 2 aromatic carbocycles. The average Bonchev–Trinajstić information content (AvgIpc) is 2.51. The molecule has 0 unspecified atom stereocenters. The number of rotatable bonds is 8. The van der Waals surface area contributed by atoms with E-state index >= 15 is 0 Å². The Bertz CT molecular complexity index is 631. The van der Waals surface area contributed by atoms with Crippen LogP contribution >= 0.6 is 0 Å². The van der Waals surface area contributed by atoms with Crippen LogP contribution in [0.1, 0.15) is 42.5 Å². The number of unbranched alkanes of at least 4 members (excludes halogenated alkanes) is 2. The second kappa shape index (κ2) is 7.70. The van der Waals surface area contributed by atoms with Crippen molar-refractivity contribution in [2.45, 2.75) is 32.1 Å². The molecule has 21 heavy (non-hydrogen) atoms. The Morgan fingerprint density at radius 2 is 1.67 bits per heavy atom. The molecule has 0 bridgehead atoms. The van der Waals surface area contributed by atoms with Gasteiger partial charge in [-0.2, -0.15) is 0 Å². The van der Waals surface area contributed by atoms with Crippen LogP contribution in [0.4, 0.5) is 0 Å². The van der Waals surface area contributed by atoms with E-state index in [1.807, 2.05) is 36.4 Å². The van der Waals surface area contributed by atoms with Crippen molar-refractivity contribution in [3.63, 3.8) is 0 Å². The zero-order valence-corrected chi connectivity index (χ0v) is 12.0. The van der Waals surface area contributed by atoms with E-state index in [2.05, 4.69) is 0 Å². The van der Waals surface area contributed by atoms with E-state index in [1.54, 1.807) is 6.07 Å². The van der Waals surface area contributed by atoms with Gasteiger partial charge in [0.15, 0.2) is 5.78 Å². The van der Waals surface area contributed by atoms with Crippen molar-refractivity contribution in [2.75, 3.05) is 6.61 Å². The zero-order chi connectivity index (χ0) is 15.1. The number of ketones is 2. The summed E-state index contributed by atoms with van der Waals surface area (Å²) in [6.45, 7) is 0.157. The molecular weight excluding hydrogens is 264 g/mol. The van der Waals surface area contributed by atoms with Gasteiger partial charge in [0.2, 0.25) is 0 Å². The molecule has 0 saturated heterocycles. The highest BCUT2D eigenvalue weighted by Crippen LogP contribution is 2.17. The number of carbonyl (C=O) groups is 2. The summed E-state index contributed by atoms with van der Waals surface area (Å²) in [5, 5.41) is 10.8. The summed E-state index contributed by atoms with van der Waals surface area (Å²) in [5.41, 5.74) is 0.595. The number of hydrogen-bond donors (Lipinski definition) is 1. The van der Waals surface area contributed by atoms with Crippen LogP contribution in [0.15, 0.2) is 42.5 Å². The number of aliphatic hydroxyl groups excluding tert-OH is 1. The van der Waals surface area contributed by atoms with Gasteiger partial charge >= 0.3 is 0 Å². The molecule has 0 atom stereocenters. The Balaban J connectivity index is 1.93. The summed E-state index contributed by atoms with van der Waals surface area (Å²) in [5.74, 6) is -0.140. The van der Waals surface area contributed by atoms with E-state index in [-0.39, 0.29) is 24.6 Å². The van der Waals surface area contributed by atoms with Crippen LogP contribution in [0.3, 0.4) is 0 Å². The van der Waals surface area contributed by atoms with Gasteiger partial charge in [-0.15, -0.1) is 0 Å². The maximum Gasteiger partial charge on any atom is 0.170 e. The third-order valence-electron chi connectivity index (χ3n) is 3.54. The second-order valence-electron chi connectivity index (χ2n) is 5.23. The maximum absolute atomic E-state index is 12.1. The van der Waals surface area contributed by atoms with Gasteiger partial charge in [-0.3, -0.25) is 9.59 Å². The lowest BCUT2D eigenvalue weighted by Gasteiger charge is -2.03. The quantitative estimate of drug-likeness (QED) is 0.458. The minimum atomic E-state index is -0.118. The predicted molar refractivity (Wildman–Crippen MR) is 83.5 cm³/mol. The van der Waals surface area contributed by atoms with E-state index in [0.717, 1.165) is 23.6 Å². The molecule has 0 aliphatic carbocycles. The monoisotopic (exact) mass is 284 g/mol. The molecule has 0 amide bonds. The smallest absolute Gasteiger partial charge is 0.170 e. The summed E-state index contributed by atoms with van der Waals surface area (Å²) >= 11 is 0. The number of hydrogen-bond acceptors (Lipinski definition) is 3. The van der Waals surface area contributed by atoms with Crippen molar-refractivity contribution in [1.82, 2.24) is 0 Å². The first-order valence-electron chi connectivity index (χ1n) is 7.35. The van der Waals surface area contributed by atoms with Crippen LogP contribution in [0.5, 0.6) is 0 Å². The van der Waals surface area contributed by atoms with Crippen molar-refractivity contribution < 1.29 is 14.7 Å². The third-order valence-corrected chi connectivity index (χ3v) is 3.54. The first kappa shape index (κ1) is 15.4.